The number of carbonyl (C=O) groups is 1. The van der Waals surface area contributed by atoms with Gasteiger partial charge in [0.1, 0.15) is 11.5 Å². The predicted octanol–water partition coefficient (Wildman–Crippen LogP) is 2.55. The number of nitrogens with zero attached hydrogens (tertiary/aromatic N) is 1. The van der Waals surface area contributed by atoms with Crippen LogP contribution in [-0.4, -0.2) is 23.8 Å². The lowest BCUT2D eigenvalue weighted by Gasteiger charge is -2.04. The summed E-state index contributed by atoms with van der Waals surface area (Å²) in [6.07, 6.45) is 0. The molecule has 5 nitrogen and oxygen atoms in total. The molecule has 2 aromatic rings. The smallest absolute Gasteiger partial charge is 0.271 e. The third-order valence-corrected chi connectivity index (χ3v) is 2.94. The summed E-state index contributed by atoms with van der Waals surface area (Å²) < 4.78 is 5.03. The van der Waals surface area contributed by atoms with Crippen LogP contribution in [0.4, 0.5) is 0 Å². The molecule has 0 aliphatic rings. The maximum atomic E-state index is 11.9. The first kappa shape index (κ1) is 14.6. The first-order chi connectivity index (χ1) is 10.1. The molecule has 0 atom stereocenters. The summed E-state index contributed by atoms with van der Waals surface area (Å²) in [5, 5.41) is 13.4. The summed E-state index contributed by atoms with van der Waals surface area (Å²) in [6.45, 7) is 1.75. The van der Waals surface area contributed by atoms with Crippen molar-refractivity contribution in [1.82, 2.24) is 5.43 Å². The molecule has 0 fully saturated rings. The summed E-state index contributed by atoms with van der Waals surface area (Å²) in [6, 6.07) is 13.4. The lowest BCUT2D eigenvalue weighted by atomic mass is 10.1. The van der Waals surface area contributed by atoms with Crippen molar-refractivity contribution < 1.29 is 14.6 Å². The van der Waals surface area contributed by atoms with Gasteiger partial charge >= 0.3 is 0 Å². The molecule has 0 unspecified atom stereocenters. The minimum atomic E-state index is -0.308. The van der Waals surface area contributed by atoms with E-state index in [1.807, 2.05) is 0 Å². The Hall–Kier alpha value is -2.82. The number of rotatable bonds is 4. The van der Waals surface area contributed by atoms with Crippen molar-refractivity contribution in [2.24, 2.45) is 5.10 Å². The normalized spacial score (nSPS) is 11.0. The zero-order valence-corrected chi connectivity index (χ0v) is 11.8. The fraction of sp³-hybridized carbons (Fsp3) is 0.125. The number of phenols is 1. The highest BCUT2D eigenvalue weighted by molar-refractivity contribution is 6.01. The van der Waals surface area contributed by atoms with E-state index in [1.54, 1.807) is 62.6 Å². The van der Waals surface area contributed by atoms with Gasteiger partial charge < -0.3 is 9.84 Å². The molecule has 108 valence electrons. The number of phenolic OH excluding ortho intramolecular Hbond substituents is 1. The van der Waals surface area contributed by atoms with Gasteiger partial charge in [0.15, 0.2) is 0 Å². The molecule has 0 aromatic heterocycles. The third kappa shape index (κ3) is 3.82. The minimum Gasteiger partial charge on any atom is -0.508 e. The number of hydrazone groups is 1. The van der Waals surface area contributed by atoms with Gasteiger partial charge in [0.05, 0.1) is 12.8 Å². The van der Waals surface area contributed by atoms with Gasteiger partial charge in [0.2, 0.25) is 0 Å². The fourth-order valence-electron chi connectivity index (χ4n) is 1.74. The molecule has 5 heteroatoms. The molecular formula is C16H16N2O3. The highest BCUT2D eigenvalue weighted by Crippen LogP contribution is 2.12. The Morgan fingerprint density at radius 2 is 1.86 bits per heavy atom. The minimum absolute atomic E-state index is 0.156. The van der Waals surface area contributed by atoms with Gasteiger partial charge in [-0.05, 0) is 43.3 Å². The van der Waals surface area contributed by atoms with Crippen molar-refractivity contribution in [1.29, 1.82) is 0 Å². The molecule has 21 heavy (non-hydrogen) atoms. The maximum absolute atomic E-state index is 11.9. The first-order valence-electron chi connectivity index (χ1n) is 6.38. The van der Waals surface area contributed by atoms with Crippen LogP contribution in [-0.2, 0) is 0 Å². The van der Waals surface area contributed by atoms with Crippen LogP contribution in [0.1, 0.15) is 22.8 Å². The lowest BCUT2D eigenvalue weighted by Crippen LogP contribution is -2.19. The van der Waals surface area contributed by atoms with Crippen molar-refractivity contribution in [2.75, 3.05) is 7.11 Å². The van der Waals surface area contributed by atoms with Crippen LogP contribution in [0.2, 0.25) is 0 Å². The largest absolute Gasteiger partial charge is 0.508 e. The summed E-state index contributed by atoms with van der Waals surface area (Å²) in [7, 11) is 1.57. The number of aromatic hydroxyl groups is 1. The second-order valence-corrected chi connectivity index (χ2v) is 4.42. The second kappa shape index (κ2) is 6.56. The van der Waals surface area contributed by atoms with Gasteiger partial charge in [0, 0.05) is 11.1 Å². The third-order valence-electron chi connectivity index (χ3n) is 2.94. The Labute approximate surface area is 122 Å². The van der Waals surface area contributed by atoms with Crippen LogP contribution in [0.3, 0.4) is 0 Å². The fourth-order valence-corrected chi connectivity index (χ4v) is 1.74. The molecule has 2 rings (SSSR count). The summed E-state index contributed by atoms with van der Waals surface area (Å²) >= 11 is 0. The van der Waals surface area contributed by atoms with Crippen molar-refractivity contribution in [3.63, 3.8) is 0 Å². The molecule has 0 saturated heterocycles. The van der Waals surface area contributed by atoms with E-state index >= 15 is 0 Å². The molecule has 0 radical (unpaired) electrons. The Kier molecular flexibility index (Phi) is 4.56. The van der Waals surface area contributed by atoms with E-state index in [0.29, 0.717) is 17.0 Å². The van der Waals surface area contributed by atoms with E-state index in [-0.39, 0.29) is 11.7 Å². The number of nitrogens with one attached hydrogen (secondary N) is 1. The van der Waals surface area contributed by atoms with Gasteiger partial charge in [-0.3, -0.25) is 4.79 Å². The Morgan fingerprint density at radius 1 is 1.14 bits per heavy atom. The van der Waals surface area contributed by atoms with Crippen molar-refractivity contribution >= 4 is 11.6 Å². The van der Waals surface area contributed by atoms with E-state index in [1.165, 1.54) is 0 Å². The number of carbonyl (C=O) groups excluding carboxylic acids is 1. The SMILES string of the molecule is COc1ccc(C(=O)N/N=C(/C)c2cccc(O)c2)cc1. The molecule has 2 aromatic carbocycles. The van der Waals surface area contributed by atoms with E-state index in [4.69, 9.17) is 4.74 Å². The molecule has 0 heterocycles. The number of amides is 1. The zero-order chi connectivity index (χ0) is 15.2. The van der Waals surface area contributed by atoms with Crippen molar-refractivity contribution in [3.05, 3.63) is 59.7 Å². The summed E-state index contributed by atoms with van der Waals surface area (Å²) in [5.41, 5.74) is 4.32. The van der Waals surface area contributed by atoms with Crippen LogP contribution in [0.5, 0.6) is 11.5 Å². The van der Waals surface area contributed by atoms with Crippen LogP contribution < -0.4 is 10.2 Å². The highest BCUT2D eigenvalue weighted by atomic mass is 16.5. The number of benzene rings is 2. The second-order valence-electron chi connectivity index (χ2n) is 4.42. The van der Waals surface area contributed by atoms with Crippen LogP contribution in [0.25, 0.3) is 0 Å². The lowest BCUT2D eigenvalue weighted by molar-refractivity contribution is 0.0955. The Morgan fingerprint density at radius 3 is 2.48 bits per heavy atom. The summed E-state index contributed by atoms with van der Waals surface area (Å²) in [5.74, 6) is 0.534. The van der Waals surface area contributed by atoms with E-state index in [2.05, 4.69) is 10.5 Å². The molecule has 2 N–H and O–H groups in total. The van der Waals surface area contributed by atoms with Gasteiger partial charge in [-0.1, -0.05) is 12.1 Å². The van der Waals surface area contributed by atoms with Gasteiger partial charge in [-0.25, -0.2) is 5.43 Å². The molecule has 0 spiro atoms. The summed E-state index contributed by atoms with van der Waals surface area (Å²) in [4.78, 5) is 11.9. The average Bonchev–Trinajstić information content (AvgIpc) is 2.52. The molecule has 0 saturated carbocycles. The van der Waals surface area contributed by atoms with E-state index in [9.17, 15) is 9.90 Å². The van der Waals surface area contributed by atoms with Crippen LogP contribution in [0.15, 0.2) is 53.6 Å². The predicted molar refractivity (Wildman–Crippen MR) is 80.8 cm³/mol. The number of methoxy groups -OCH3 is 1. The Balaban J connectivity index is 2.06. The van der Waals surface area contributed by atoms with E-state index in [0.717, 1.165) is 5.56 Å². The van der Waals surface area contributed by atoms with Gasteiger partial charge in [-0.15, -0.1) is 0 Å². The average molecular weight is 284 g/mol. The van der Waals surface area contributed by atoms with Crippen molar-refractivity contribution in [3.8, 4) is 11.5 Å². The topological polar surface area (TPSA) is 70.9 Å². The first-order valence-corrected chi connectivity index (χ1v) is 6.38. The molecule has 0 aliphatic heterocycles. The van der Waals surface area contributed by atoms with Crippen LogP contribution >= 0.6 is 0 Å². The number of hydrogen-bond donors (Lipinski definition) is 2. The van der Waals surface area contributed by atoms with Gasteiger partial charge in [-0.2, -0.15) is 5.10 Å². The zero-order valence-electron chi connectivity index (χ0n) is 11.8. The number of ether oxygens (including phenoxy) is 1. The van der Waals surface area contributed by atoms with Gasteiger partial charge in [0.25, 0.3) is 5.91 Å². The molecule has 0 bridgehead atoms. The van der Waals surface area contributed by atoms with Crippen LogP contribution in [0, 0.1) is 0 Å². The maximum Gasteiger partial charge on any atom is 0.271 e. The number of hydrogen-bond acceptors (Lipinski definition) is 4. The molecular weight excluding hydrogens is 268 g/mol. The Bertz CT molecular complexity index is 663. The van der Waals surface area contributed by atoms with Crippen molar-refractivity contribution in [2.45, 2.75) is 6.92 Å². The monoisotopic (exact) mass is 284 g/mol. The quantitative estimate of drug-likeness (QED) is 0.669. The standard InChI is InChI=1S/C16H16N2O3/c1-11(13-4-3-5-14(19)10-13)17-18-16(20)12-6-8-15(21-2)9-7-12/h3-10,19H,1-2H3,(H,18,20)/b17-11-. The highest BCUT2D eigenvalue weighted by Gasteiger charge is 2.05. The molecule has 0 aliphatic carbocycles. The molecule has 1 amide bonds. The van der Waals surface area contributed by atoms with E-state index < -0.39 is 0 Å².